The Labute approximate surface area is 188 Å². The average Bonchev–Trinajstić information content (AvgIpc) is 2.71. The van der Waals surface area contributed by atoms with Crippen LogP contribution >= 0.6 is 0 Å². The molecule has 0 aliphatic rings. The predicted octanol–water partition coefficient (Wildman–Crippen LogP) is 8.07. The molecular weight excluding hydrogens is 508 g/mol. The Balaban J connectivity index is 2.28. The molecule has 35 heavy (non-hydrogen) atoms. The lowest BCUT2D eigenvalue weighted by molar-refractivity contribution is -0.144. The van der Waals surface area contributed by atoms with Crippen LogP contribution in [0.1, 0.15) is 22.3 Å². The van der Waals surface area contributed by atoms with Crippen molar-refractivity contribution in [3.05, 3.63) is 70.9 Å². The number of pyridine rings is 1. The van der Waals surface area contributed by atoms with Gasteiger partial charge in [0, 0.05) is 17.3 Å². The van der Waals surface area contributed by atoms with Gasteiger partial charge in [0.15, 0.2) is 0 Å². The lowest BCUT2D eigenvalue weighted by atomic mass is 9.93. The molecule has 0 saturated carbocycles. The Kier molecular flexibility index (Phi) is 6.23. The second-order valence-electron chi connectivity index (χ2n) is 7.17. The summed E-state index contributed by atoms with van der Waals surface area (Å²) in [5.74, 6) is -0.667. The van der Waals surface area contributed by atoms with Gasteiger partial charge in [-0.05, 0) is 41.5 Å². The highest BCUT2D eigenvalue weighted by Crippen LogP contribution is 2.45. The van der Waals surface area contributed by atoms with Gasteiger partial charge in [0.1, 0.15) is 5.82 Å². The Morgan fingerprint density at radius 1 is 0.514 bits per heavy atom. The topological polar surface area (TPSA) is 38.9 Å². The fourth-order valence-corrected chi connectivity index (χ4v) is 3.24. The number of nitrogen functional groups attached to an aromatic ring is 1. The van der Waals surface area contributed by atoms with E-state index in [1.807, 2.05) is 0 Å². The summed E-state index contributed by atoms with van der Waals surface area (Å²) in [6.45, 7) is 0. The highest BCUT2D eigenvalue weighted by molar-refractivity contribution is 5.82. The second kappa shape index (κ2) is 8.34. The molecule has 0 saturated heterocycles. The molecule has 2 N–H and O–H groups in total. The Bertz CT molecular complexity index is 1250. The van der Waals surface area contributed by atoms with Crippen molar-refractivity contribution in [3.8, 4) is 22.3 Å². The van der Waals surface area contributed by atoms with Gasteiger partial charge in [-0.1, -0.05) is 12.1 Å². The fraction of sp³-hybridized carbons (Fsp3) is 0.190. The molecule has 0 atom stereocenters. The van der Waals surface area contributed by atoms with E-state index in [4.69, 9.17) is 5.73 Å². The normalized spacial score (nSPS) is 13.3. The first-order valence-electron chi connectivity index (χ1n) is 9.13. The number of alkyl halides is 12. The van der Waals surface area contributed by atoms with Gasteiger partial charge in [0.05, 0.1) is 22.3 Å². The lowest BCUT2D eigenvalue weighted by Crippen LogP contribution is -2.13. The molecule has 2 nitrogen and oxygen atoms in total. The van der Waals surface area contributed by atoms with Gasteiger partial charge in [0.25, 0.3) is 0 Å². The predicted molar refractivity (Wildman–Crippen MR) is 99.5 cm³/mol. The molecular formula is C21H10F12N2. The average molecular weight is 518 g/mol. The van der Waals surface area contributed by atoms with Gasteiger partial charge in [-0.25, -0.2) is 4.98 Å². The molecule has 0 unspecified atom stereocenters. The zero-order chi connectivity index (χ0) is 26.6. The van der Waals surface area contributed by atoms with Crippen molar-refractivity contribution < 1.29 is 52.7 Å². The van der Waals surface area contributed by atoms with E-state index < -0.39 is 75.0 Å². The summed E-state index contributed by atoms with van der Waals surface area (Å²) in [7, 11) is 0. The molecule has 0 aliphatic heterocycles. The maximum atomic E-state index is 13.6. The number of hydrogen-bond donors (Lipinski definition) is 1. The number of halogens is 12. The van der Waals surface area contributed by atoms with Crippen LogP contribution in [0.4, 0.5) is 58.5 Å². The molecule has 188 valence electrons. The molecule has 0 spiro atoms. The zero-order valence-electron chi connectivity index (χ0n) is 16.7. The monoisotopic (exact) mass is 518 g/mol. The van der Waals surface area contributed by atoms with Crippen molar-refractivity contribution in [3.63, 3.8) is 0 Å². The number of anilines is 1. The standard InChI is InChI=1S/C21H10F12N2/c22-18(23,24)10-1-3-12(15(6-10)20(28,29)30)9-5-14(17(34)35-8-9)13-4-2-11(19(25,26)27)7-16(13)21(31,32)33/h1-8H,(H2,34,35). The maximum Gasteiger partial charge on any atom is 0.417 e. The number of nitrogens with two attached hydrogens (primary N) is 1. The van der Waals surface area contributed by atoms with Crippen molar-refractivity contribution in [1.82, 2.24) is 4.98 Å². The van der Waals surface area contributed by atoms with Crippen molar-refractivity contribution in [2.24, 2.45) is 0 Å². The molecule has 3 rings (SSSR count). The summed E-state index contributed by atoms with van der Waals surface area (Å²) < 4.78 is 159. The molecule has 2 aromatic carbocycles. The minimum Gasteiger partial charge on any atom is -0.383 e. The molecule has 0 amide bonds. The third kappa shape index (κ3) is 5.46. The van der Waals surface area contributed by atoms with Gasteiger partial charge in [-0.3, -0.25) is 0 Å². The highest BCUT2D eigenvalue weighted by atomic mass is 19.4. The van der Waals surface area contributed by atoms with E-state index in [1.54, 1.807) is 0 Å². The van der Waals surface area contributed by atoms with Crippen LogP contribution in [0.2, 0.25) is 0 Å². The van der Waals surface area contributed by atoms with Crippen molar-refractivity contribution >= 4 is 5.82 Å². The summed E-state index contributed by atoms with van der Waals surface area (Å²) in [5, 5.41) is 0. The SMILES string of the molecule is Nc1ncc(-c2ccc(C(F)(F)F)cc2C(F)(F)F)cc1-c1ccc(C(F)(F)F)cc1C(F)(F)F. The van der Waals surface area contributed by atoms with Crippen LogP contribution < -0.4 is 5.73 Å². The smallest absolute Gasteiger partial charge is 0.383 e. The number of rotatable bonds is 2. The van der Waals surface area contributed by atoms with Gasteiger partial charge in [-0.2, -0.15) is 52.7 Å². The lowest BCUT2D eigenvalue weighted by Gasteiger charge is -2.19. The van der Waals surface area contributed by atoms with Gasteiger partial charge in [0.2, 0.25) is 0 Å². The van der Waals surface area contributed by atoms with E-state index in [0.717, 1.165) is 0 Å². The third-order valence-corrected chi connectivity index (χ3v) is 4.82. The van der Waals surface area contributed by atoms with Crippen molar-refractivity contribution in [1.29, 1.82) is 0 Å². The largest absolute Gasteiger partial charge is 0.417 e. The van der Waals surface area contributed by atoms with Crippen LogP contribution in [-0.2, 0) is 24.7 Å². The quantitative estimate of drug-likeness (QED) is 0.349. The Morgan fingerprint density at radius 3 is 1.37 bits per heavy atom. The first kappa shape index (κ1) is 26.2. The molecule has 1 heterocycles. The van der Waals surface area contributed by atoms with Crippen molar-refractivity contribution in [2.45, 2.75) is 24.7 Å². The number of hydrogen-bond acceptors (Lipinski definition) is 2. The zero-order valence-corrected chi connectivity index (χ0v) is 16.7. The second-order valence-corrected chi connectivity index (χ2v) is 7.17. The summed E-state index contributed by atoms with van der Waals surface area (Å²) in [5.41, 5.74) is -4.26. The number of benzene rings is 2. The maximum absolute atomic E-state index is 13.6. The van der Waals surface area contributed by atoms with Crippen LogP contribution in [0.5, 0.6) is 0 Å². The van der Waals surface area contributed by atoms with Crippen LogP contribution in [0.3, 0.4) is 0 Å². The molecule has 0 fully saturated rings. The van der Waals surface area contributed by atoms with Gasteiger partial charge in [-0.15, -0.1) is 0 Å². The molecule has 14 heteroatoms. The van der Waals surface area contributed by atoms with E-state index >= 15 is 0 Å². The minimum absolute atomic E-state index is 0.176. The molecule has 0 aliphatic carbocycles. The summed E-state index contributed by atoms with van der Waals surface area (Å²) >= 11 is 0. The van der Waals surface area contributed by atoms with E-state index in [0.29, 0.717) is 36.5 Å². The molecule has 0 bridgehead atoms. The van der Waals surface area contributed by atoms with Crippen LogP contribution in [-0.4, -0.2) is 4.98 Å². The first-order valence-corrected chi connectivity index (χ1v) is 9.13. The highest BCUT2D eigenvalue weighted by Gasteiger charge is 2.40. The molecule has 1 aromatic heterocycles. The molecule has 3 aromatic rings. The number of nitrogens with zero attached hydrogens (tertiary/aromatic N) is 1. The Morgan fingerprint density at radius 2 is 0.943 bits per heavy atom. The van der Waals surface area contributed by atoms with E-state index in [-0.39, 0.29) is 12.1 Å². The number of aromatic nitrogens is 1. The summed E-state index contributed by atoms with van der Waals surface area (Å²) in [4.78, 5) is 3.52. The van der Waals surface area contributed by atoms with E-state index in [1.165, 1.54) is 0 Å². The van der Waals surface area contributed by atoms with E-state index in [2.05, 4.69) is 4.98 Å². The van der Waals surface area contributed by atoms with E-state index in [9.17, 15) is 52.7 Å². The van der Waals surface area contributed by atoms with Crippen LogP contribution in [0.15, 0.2) is 48.7 Å². The Hall–Kier alpha value is -3.45. The minimum atomic E-state index is -5.33. The van der Waals surface area contributed by atoms with Gasteiger partial charge < -0.3 is 5.73 Å². The first-order chi connectivity index (χ1) is 15.8. The summed E-state index contributed by atoms with van der Waals surface area (Å²) in [6.07, 6.45) is -20.2. The fourth-order valence-electron chi connectivity index (χ4n) is 3.24. The van der Waals surface area contributed by atoms with Gasteiger partial charge >= 0.3 is 24.7 Å². The van der Waals surface area contributed by atoms with Crippen molar-refractivity contribution in [2.75, 3.05) is 5.73 Å². The van der Waals surface area contributed by atoms with Crippen LogP contribution in [0.25, 0.3) is 22.3 Å². The third-order valence-electron chi connectivity index (χ3n) is 4.82. The summed E-state index contributed by atoms with van der Waals surface area (Å²) in [6, 6.07) is 1.85. The molecule has 0 radical (unpaired) electrons. The van der Waals surface area contributed by atoms with Crippen LogP contribution in [0, 0.1) is 0 Å².